The summed E-state index contributed by atoms with van der Waals surface area (Å²) in [5.74, 6) is 0.800. The molecule has 0 saturated carbocycles. The number of thioether (sulfide) groups is 1. The first-order valence-corrected chi connectivity index (χ1v) is 6.90. The lowest BCUT2D eigenvalue weighted by atomic mass is 10.2. The number of aromatic nitrogens is 1. The number of hydrogen-bond donors (Lipinski definition) is 2. The van der Waals surface area contributed by atoms with Crippen molar-refractivity contribution >= 4 is 23.6 Å². The van der Waals surface area contributed by atoms with Crippen LogP contribution in [0.1, 0.15) is 33.7 Å². The maximum atomic E-state index is 11.9. The first-order valence-electron chi connectivity index (χ1n) is 5.75. The third-order valence-electron chi connectivity index (χ3n) is 2.74. The van der Waals surface area contributed by atoms with Gasteiger partial charge in [0, 0.05) is 18.0 Å². The molecule has 1 aromatic rings. The van der Waals surface area contributed by atoms with Crippen molar-refractivity contribution in [1.29, 1.82) is 0 Å². The van der Waals surface area contributed by atoms with Gasteiger partial charge in [0.1, 0.15) is 5.69 Å². The van der Waals surface area contributed by atoms with Crippen LogP contribution in [0.4, 0.5) is 0 Å². The van der Waals surface area contributed by atoms with Gasteiger partial charge in [-0.1, -0.05) is 0 Å². The van der Waals surface area contributed by atoms with Gasteiger partial charge >= 0.3 is 5.97 Å². The highest BCUT2D eigenvalue weighted by atomic mass is 32.2. The first-order chi connectivity index (χ1) is 8.66. The molecule has 0 radical (unpaired) electrons. The van der Waals surface area contributed by atoms with Gasteiger partial charge in [-0.25, -0.2) is 4.79 Å². The van der Waals surface area contributed by atoms with Crippen LogP contribution >= 0.6 is 11.8 Å². The van der Waals surface area contributed by atoms with Crippen LogP contribution in [-0.4, -0.2) is 39.5 Å². The highest BCUT2D eigenvalue weighted by Crippen LogP contribution is 2.17. The summed E-state index contributed by atoms with van der Waals surface area (Å²) in [7, 11) is 0. The second-order valence-electron chi connectivity index (χ2n) is 4.12. The zero-order chi connectivity index (χ0) is 13.0. The van der Waals surface area contributed by atoms with Crippen molar-refractivity contribution in [2.45, 2.75) is 18.9 Å². The summed E-state index contributed by atoms with van der Waals surface area (Å²) in [6.45, 7) is 0. The van der Waals surface area contributed by atoms with Crippen LogP contribution < -0.4 is 5.32 Å². The number of carbonyl (C=O) groups is 2. The Morgan fingerprint density at radius 3 is 2.83 bits per heavy atom. The third kappa shape index (κ3) is 3.22. The fourth-order valence-corrected chi connectivity index (χ4v) is 2.84. The molecule has 5 nitrogen and oxygen atoms in total. The number of nitrogens with one attached hydrogen (secondary N) is 1. The molecule has 1 aliphatic rings. The third-order valence-corrected chi connectivity index (χ3v) is 3.95. The van der Waals surface area contributed by atoms with Crippen molar-refractivity contribution in [2.75, 3.05) is 11.5 Å². The van der Waals surface area contributed by atoms with Crippen LogP contribution in [0, 0.1) is 0 Å². The topological polar surface area (TPSA) is 79.3 Å². The molecule has 2 heterocycles. The monoisotopic (exact) mass is 266 g/mol. The second kappa shape index (κ2) is 5.86. The van der Waals surface area contributed by atoms with Crippen LogP contribution in [0.5, 0.6) is 0 Å². The van der Waals surface area contributed by atoms with E-state index in [2.05, 4.69) is 10.3 Å². The van der Waals surface area contributed by atoms with Crippen LogP contribution in [0.25, 0.3) is 0 Å². The van der Waals surface area contributed by atoms with Crippen LogP contribution in [0.15, 0.2) is 18.3 Å². The Kier molecular flexibility index (Phi) is 4.19. The smallest absolute Gasteiger partial charge is 0.337 e. The summed E-state index contributed by atoms with van der Waals surface area (Å²) < 4.78 is 0. The number of carbonyl (C=O) groups excluding carboxylic acids is 1. The SMILES string of the molecule is O=C(O)c1ccc(C(=O)NC2CCCSC2)nc1. The number of carboxylic acid groups (broad SMARTS) is 1. The summed E-state index contributed by atoms with van der Waals surface area (Å²) in [4.78, 5) is 26.4. The Morgan fingerprint density at radius 1 is 1.44 bits per heavy atom. The Morgan fingerprint density at radius 2 is 2.28 bits per heavy atom. The fourth-order valence-electron chi connectivity index (χ4n) is 1.77. The Balaban J connectivity index is 1.97. The van der Waals surface area contributed by atoms with Gasteiger partial charge in [0.25, 0.3) is 5.91 Å². The normalized spacial score (nSPS) is 19.2. The zero-order valence-corrected chi connectivity index (χ0v) is 10.6. The van der Waals surface area contributed by atoms with Crippen LogP contribution in [-0.2, 0) is 0 Å². The van der Waals surface area contributed by atoms with E-state index in [1.807, 2.05) is 11.8 Å². The second-order valence-corrected chi connectivity index (χ2v) is 5.27. The van der Waals surface area contributed by atoms with E-state index in [9.17, 15) is 9.59 Å². The Labute approximate surface area is 109 Å². The van der Waals surface area contributed by atoms with E-state index in [0.29, 0.717) is 0 Å². The largest absolute Gasteiger partial charge is 0.478 e. The Bertz CT molecular complexity index is 441. The summed E-state index contributed by atoms with van der Waals surface area (Å²) in [5.41, 5.74) is 0.343. The molecule has 1 aromatic heterocycles. The van der Waals surface area contributed by atoms with E-state index in [-0.39, 0.29) is 23.2 Å². The molecule has 1 saturated heterocycles. The molecule has 1 fully saturated rings. The van der Waals surface area contributed by atoms with Crippen molar-refractivity contribution < 1.29 is 14.7 Å². The Hall–Kier alpha value is -1.56. The average molecular weight is 266 g/mol. The molecule has 1 atom stereocenters. The van der Waals surface area contributed by atoms with Crippen molar-refractivity contribution in [2.24, 2.45) is 0 Å². The van der Waals surface area contributed by atoms with Gasteiger partial charge in [0.15, 0.2) is 0 Å². The molecule has 96 valence electrons. The van der Waals surface area contributed by atoms with E-state index in [4.69, 9.17) is 5.11 Å². The average Bonchev–Trinajstić information content (AvgIpc) is 2.40. The molecular weight excluding hydrogens is 252 g/mol. The summed E-state index contributed by atoms with van der Waals surface area (Å²) in [5, 5.41) is 11.6. The van der Waals surface area contributed by atoms with Crippen molar-refractivity contribution in [3.8, 4) is 0 Å². The number of aromatic carboxylic acids is 1. The quantitative estimate of drug-likeness (QED) is 0.864. The van der Waals surface area contributed by atoms with Gasteiger partial charge in [-0.3, -0.25) is 9.78 Å². The van der Waals surface area contributed by atoms with Gasteiger partial charge in [-0.05, 0) is 30.7 Å². The molecule has 6 heteroatoms. The van der Waals surface area contributed by atoms with Crippen LogP contribution in [0.2, 0.25) is 0 Å². The summed E-state index contributed by atoms with van der Waals surface area (Å²) >= 11 is 1.83. The standard InChI is InChI=1S/C12H14N2O3S/c15-11(14-9-2-1-5-18-7-9)10-4-3-8(6-13-10)12(16)17/h3-4,6,9H,1-2,5,7H2,(H,14,15)(H,16,17). The van der Waals surface area contributed by atoms with Gasteiger partial charge in [0.05, 0.1) is 5.56 Å². The predicted molar refractivity (Wildman–Crippen MR) is 69.0 cm³/mol. The highest BCUT2D eigenvalue weighted by molar-refractivity contribution is 7.99. The first kappa shape index (κ1) is 12.9. The lowest BCUT2D eigenvalue weighted by Crippen LogP contribution is -2.38. The number of carboxylic acids is 1. The molecule has 0 spiro atoms. The highest BCUT2D eigenvalue weighted by Gasteiger charge is 2.17. The van der Waals surface area contributed by atoms with E-state index >= 15 is 0 Å². The van der Waals surface area contributed by atoms with E-state index in [0.717, 1.165) is 24.3 Å². The summed E-state index contributed by atoms with van der Waals surface area (Å²) in [6.07, 6.45) is 3.31. The van der Waals surface area contributed by atoms with E-state index < -0.39 is 5.97 Å². The lowest BCUT2D eigenvalue weighted by molar-refractivity contribution is 0.0695. The number of pyridine rings is 1. The van der Waals surface area contributed by atoms with Crippen molar-refractivity contribution in [1.82, 2.24) is 10.3 Å². The van der Waals surface area contributed by atoms with Crippen LogP contribution in [0.3, 0.4) is 0 Å². The zero-order valence-electron chi connectivity index (χ0n) is 9.76. The maximum absolute atomic E-state index is 11.9. The molecule has 0 aromatic carbocycles. The number of nitrogens with zero attached hydrogens (tertiary/aromatic N) is 1. The molecule has 1 unspecified atom stereocenters. The molecule has 0 bridgehead atoms. The van der Waals surface area contributed by atoms with Gasteiger partial charge in [-0.15, -0.1) is 0 Å². The van der Waals surface area contributed by atoms with Gasteiger partial charge in [-0.2, -0.15) is 11.8 Å². The molecule has 1 aliphatic heterocycles. The van der Waals surface area contributed by atoms with Crippen molar-refractivity contribution in [3.63, 3.8) is 0 Å². The molecule has 18 heavy (non-hydrogen) atoms. The van der Waals surface area contributed by atoms with E-state index in [1.165, 1.54) is 18.3 Å². The molecule has 1 amide bonds. The maximum Gasteiger partial charge on any atom is 0.337 e. The van der Waals surface area contributed by atoms with Gasteiger partial charge < -0.3 is 10.4 Å². The number of amides is 1. The molecule has 0 aliphatic carbocycles. The minimum absolute atomic E-state index is 0.0831. The van der Waals surface area contributed by atoms with E-state index in [1.54, 1.807) is 0 Å². The molecule has 2 N–H and O–H groups in total. The summed E-state index contributed by atoms with van der Waals surface area (Å²) in [6, 6.07) is 3.02. The molecular formula is C12H14N2O3S. The van der Waals surface area contributed by atoms with Crippen molar-refractivity contribution in [3.05, 3.63) is 29.6 Å². The minimum atomic E-state index is -1.04. The molecule has 2 rings (SSSR count). The minimum Gasteiger partial charge on any atom is -0.478 e. The fraction of sp³-hybridized carbons (Fsp3) is 0.417. The predicted octanol–water partition coefficient (Wildman–Crippen LogP) is 1.41. The van der Waals surface area contributed by atoms with Gasteiger partial charge in [0.2, 0.25) is 0 Å². The number of hydrogen-bond acceptors (Lipinski definition) is 4. The number of rotatable bonds is 3. The lowest BCUT2D eigenvalue weighted by Gasteiger charge is -2.22.